The highest BCUT2D eigenvalue weighted by atomic mass is 32.2. The maximum atomic E-state index is 14.3. The van der Waals surface area contributed by atoms with E-state index in [9.17, 15) is 18.6 Å². The third-order valence-corrected chi connectivity index (χ3v) is 16.4. The zero-order valence-corrected chi connectivity index (χ0v) is 34.4. The molecule has 6 rings (SSSR count). The van der Waals surface area contributed by atoms with Gasteiger partial charge in [0.05, 0.1) is 21.9 Å². The molecule has 2 N–H and O–H groups in total. The first-order chi connectivity index (χ1) is 23.2. The third kappa shape index (κ3) is 9.37. The van der Waals surface area contributed by atoms with Gasteiger partial charge in [-0.05, 0) is 154 Å². The van der Waals surface area contributed by atoms with Gasteiger partial charge < -0.3 is 10.2 Å². The fraction of sp³-hybridized carbons (Fsp3) is 0.864. The second-order valence-electron chi connectivity index (χ2n) is 17.8. The van der Waals surface area contributed by atoms with Gasteiger partial charge in [0, 0.05) is 0 Å². The van der Waals surface area contributed by atoms with Crippen molar-refractivity contribution >= 4 is 9.84 Å². The number of aliphatic hydroxyl groups is 2. The number of fused-ring (bicyclic) bond motifs is 5. The summed E-state index contributed by atoms with van der Waals surface area (Å²) >= 11 is 0. The average molecular weight is 703 g/mol. The molecule has 49 heavy (non-hydrogen) atoms. The standard InChI is InChI=1S/C37H58O4S.C3H8.2C2H6/c1-34(2)19-21-37(39,22-20-34)25-30(42(40,41)29-10-6-5-7-11-29)24-26-9-8-12-32-31-14-13-27-23-28(38)15-17-35(27,3)33(31)16-18-36(26,32)4;1-3-2;2*1-2/h5-7,10-11,26-28,30-33,38-39H,8-9,12-25H2,1-4H3;3H2,1-2H3;2*1-2H3/t26?,27?,28-,30?,31?,32?,33?,35?,36+;;;/m0.../s1. The zero-order chi connectivity index (χ0) is 36.7. The molecule has 0 amide bonds. The van der Waals surface area contributed by atoms with E-state index in [1.807, 2.05) is 45.9 Å². The average Bonchev–Trinajstić information content (AvgIpc) is 3.09. The number of benzene rings is 1. The summed E-state index contributed by atoms with van der Waals surface area (Å²) in [5.41, 5.74) is -0.159. The van der Waals surface area contributed by atoms with E-state index in [4.69, 9.17) is 0 Å². The SMILES string of the molecule is CC.CC.CC1(C)CCC(O)(CC(CC2CCCC3C4CCC5C[C@@H](O)CCC5(C)C4CC[C@]23C)S(=O)(=O)c2ccccc2)CC1.CCC. The van der Waals surface area contributed by atoms with Gasteiger partial charge in [-0.25, -0.2) is 8.42 Å². The molecule has 1 aromatic carbocycles. The summed E-state index contributed by atoms with van der Waals surface area (Å²) in [5.74, 6) is 3.18. The minimum absolute atomic E-state index is 0.110. The maximum Gasteiger partial charge on any atom is 0.181 e. The third-order valence-electron chi connectivity index (χ3n) is 14.3. The topological polar surface area (TPSA) is 74.6 Å². The van der Waals surface area contributed by atoms with Gasteiger partial charge in [-0.3, -0.25) is 0 Å². The number of hydrogen-bond acceptors (Lipinski definition) is 4. The van der Waals surface area contributed by atoms with Gasteiger partial charge in [0.1, 0.15) is 0 Å². The highest BCUT2D eigenvalue weighted by Gasteiger charge is 2.59. The minimum Gasteiger partial charge on any atom is -0.393 e. The quantitative estimate of drug-likeness (QED) is 0.309. The summed E-state index contributed by atoms with van der Waals surface area (Å²) in [5, 5.41) is 21.7. The van der Waals surface area contributed by atoms with Crippen LogP contribution in [-0.2, 0) is 9.84 Å². The van der Waals surface area contributed by atoms with Crippen LogP contribution in [0, 0.1) is 45.8 Å². The minimum atomic E-state index is -3.57. The summed E-state index contributed by atoms with van der Waals surface area (Å²) in [6.45, 7) is 21.9. The van der Waals surface area contributed by atoms with Gasteiger partial charge in [-0.2, -0.15) is 0 Å². The Hall–Kier alpha value is -0.910. The fourth-order valence-electron chi connectivity index (χ4n) is 11.4. The van der Waals surface area contributed by atoms with Crippen LogP contribution in [0.4, 0.5) is 0 Å². The number of aliphatic hydroxyl groups excluding tert-OH is 1. The van der Waals surface area contributed by atoms with Crippen LogP contribution in [0.5, 0.6) is 0 Å². The van der Waals surface area contributed by atoms with E-state index in [2.05, 4.69) is 41.5 Å². The van der Waals surface area contributed by atoms with Crippen molar-refractivity contribution in [1.82, 2.24) is 0 Å². The van der Waals surface area contributed by atoms with Crippen molar-refractivity contribution in [2.45, 2.75) is 200 Å². The number of sulfone groups is 1. The molecule has 0 bridgehead atoms. The molecule has 284 valence electrons. The lowest BCUT2D eigenvalue weighted by atomic mass is 9.41. The predicted octanol–water partition coefficient (Wildman–Crippen LogP) is 11.8. The van der Waals surface area contributed by atoms with E-state index in [0.29, 0.717) is 53.7 Å². The van der Waals surface area contributed by atoms with E-state index < -0.39 is 20.7 Å². The molecule has 5 saturated carbocycles. The van der Waals surface area contributed by atoms with Crippen molar-refractivity contribution < 1.29 is 18.6 Å². The van der Waals surface area contributed by atoms with Crippen LogP contribution >= 0.6 is 0 Å². The van der Waals surface area contributed by atoms with Crippen molar-refractivity contribution in [3.8, 4) is 0 Å². The molecule has 5 heteroatoms. The van der Waals surface area contributed by atoms with E-state index in [1.54, 1.807) is 12.1 Å². The van der Waals surface area contributed by atoms with Crippen molar-refractivity contribution in [3.63, 3.8) is 0 Å². The van der Waals surface area contributed by atoms with E-state index in [0.717, 1.165) is 43.9 Å². The van der Waals surface area contributed by atoms with Crippen LogP contribution in [0.3, 0.4) is 0 Å². The molecule has 5 aliphatic rings. The molecule has 0 aliphatic heterocycles. The Kier molecular flexibility index (Phi) is 15.4. The molecule has 0 aromatic heterocycles. The number of rotatable bonds is 6. The Morgan fingerprint density at radius 2 is 1.33 bits per heavy atom. The highest BCUT2D eigenvalue weighted by molar-refractivity contribution is 7.92. The van der Waals surface area contributed by atoms with E-state index in [1.165, 1.54) is 51.4 Å². The van der Waals surface area contributed by atoms with E-state index >= 15 is 0 Å². The van der Waals surface area contributed by atoms with Crippen molar-refractivity contribution in [1.29, 1.82) is 0 Å². The van der Waals surface area contributed by atoms with Crippen molar-refractivity contribution in [2.24, 2.45) is 45.8 Å². The molecule has 7 unspecified atom stereocenters. The van der Waals surface area contributed by atoms with E-state index in [-0.39, 0.29) is 16.9 Å². The molecule has 0 saturated heterocycles. The Morgan fingerprint density at radius 1 is 0.755 bits per heavy atom. The van der Waals surface area contributed by atoms with Gasteiger partial charge in [0.25, 0.3) is 0 Å². The fourth-order valence-corrected chi connectivity index (χ4v) is 13.3. The normalized spacial score (nSPS) is 36.7. The second kappa shape index (κ2) is 17.7. The van der Waals surface area contributed by atoms with Gasteiger partial charge >= 0.3 is 0 Å². The molecule has 4 nitrogen and oxygen atoms in total. The molecule has 5 fully saturated rings. The molecule has 0 spiro atoms. The summed E-state index contributed by atoms with van der Waals surface area (Å²) in [6.07, 6.45) is 17.2. The number of hydrogen-bond donors (Lipinski definition) is 2. The van der Waals surface area contributed by atoms with Crippen LogP contribution in [0.2, 0.25) is 0 Å². The largest absolute Gasteiger partial charge is 0.393 e. The molecular weight excluding hydrogens is 625 g/mol. The predicted molar refractivity (Wildman–Crippen MR) is 208 cm³/mol. The monoisotopic (exact) mass is 703 g/mol. The smallest absolute Gasteiger partial charge is 0.181 e. The molecule has 9 atom stereocenters. The summed E-state index contributed by atoms with van der Waals surface area (Å²) in [6, 6.07) is 9.07. The van der Waals surface area contributed by atoms with Crippen LogP contribution in [0.1, 0.15) is 178 Å². The lowest BCUT2D eigenvalue weighted by Crippen LogP contribution is -2.56. The van der Waals surface area contributed by atoms with Crippen LogP contribution < -0.4 is 0 Å². The summed E-state index contributed by atoms with van der Waals surface area (Å²) in [7, 11) is -3.57. The Bertz CT molecular complexity index is 1220. The van der Waals surface area contributed by atoms with Crippen LogP contribution in [-0.4, -0.2) is 35.6 Å². The van der Waals surface area contributed by atoms with Crippen molar-refractivity contribution in [2.75, 3.05) is 0 Å². The van der Waals surface area contributed by atoms with Gasteiger partial charge in [-0.1, -0.05) is 100 Å². The second-order valence-corrected chi connectivity index (χ2v) is 20.0. The van der Waals surface area contributed by atoms with Crippen molar-refractivity contribution in [3.05, 3.63) is 30.3 Å². The summed E-state index contributed by atoms with van der Waals surface area (Å²) < 4.78 is 28.7. The molecule has 1 aromatic rings. The highest BCUT2D eigenvalue weighted by Crippen LogP contribution is 2.67. The first-order valence-corrected chi connectivity index (χ1v) is 22.4. The van der Waals surface area contributed by atoms with Crippen LogP contribution in [0.25, 0.3) is 0 Å². The Balaban J connectivity index is 0.000000867. The van der Waals surface area contributed by atoms with Gasteiger partial charge in [0.2, 0.25) is 0 Å². The van der Waals surface area contributed by atoms with Gasteiger partial charge in [-0.15, -0.1) is 0 Å². The lowest BCUT2D eigenvalue weighted by molar-refractivity contribution is -0.152. The van der Waals surface area contributed by atoms with Gasteiger partial charge in [0.15, 0.2) is 9.84 Å². The van der Waals surface area contributed by atoms with Crippen LogP contribution in [0.15, 0.2) is 35.2 Å². The molecule has 5 aliphatic carbocycles. The molecule has 0 radical (unpaired) electrons. The zero-order valence-electron chi connectivity index (χ0n) is 33.6. The first kappa shape index (κ1) is 42.5. The molecule has 0 heterocycles. The Labute approximate surface area is 304 Å². The maximum absolute atomic E-state index is 14.3. The Morgan fingerprint density at radius 3 is 1.94 bits per heavy atom. The molecular formula is C44H78O4S. The lowest BCUT2D eigenvalue weighted by Gasteiger charge is -2.64. The first-order valence-electron chi connectivity index (χ1n) is 20.9. The summed E-state index contributed by atoms with van der Waals surface area (Å²) in [4.78, 5) is 0.418.